The summed E-state index contributed by atoms with van der Waals surface area (Å²) in [5.41, 5.74) is -0.299. The van der Waals surface area contributed by atoms with Crippen LogP contribution < -0.4 is 10.1 Å². The van der Waals surface area contributed by atoms with Crippen LogP contribution in [0.1, 0.15) is 29.0 Å². The number of hydrogen-bond donors (Lipinski definition) is 1. The lowest BCUT2D eigenvalue weighted by Gasteiger charge is -2.29. The zero-order chi connectivity index (χ0) is 15.8. The van der Waals surface area contributed by atoms with Crippen LogP contribution in [0.3, 0.4) is 0 Å². The molecule has 1 amide bonds. The van der Waals surface area contributed by atoms with Crippen molar-refractivity contribution in [1.82, 2.24) is 5.32 Å². The van der Waals surface area contributed by atoms with Crippen LogP contribution in [0.2, 0.25) is 0 Å². The van der Waals surface area contributed by atoms with Gasteiger partial charge < -0.3 is 14.8 Å². The number of alkyl halides is 4. The Kier molecular flexibility index (Phi) is 4.08. The minimum absolute atomic E-state index is 0.0579. The Morgan fingerprint density at radius 3 is 2.57 bits per heavy atom. The first-order valence-corrected chi connectivity index (χ1v) is 6.09. The van der Waals surface area contributed by atoms with Crippen molar-refractivity contribution in [1.29, 1.82) is 0 Å². The van der Waals surface area contributed by atoms with Gasteiger partial charge in [-0.05, 0) is 13.0 Å². The van der Waals surface area contributed by atoms with Gasteiger partial charge in [-0.15, -0.1) is 0 Å². The molecule has 0 aliphatic carbocycles. The molecular weight excluding hydrogens is 294 g/mol. The largest absolute Gasteiger partial charge is 0.480 e. The molecule has 1 aliphatic heterocycles. The van der Waals surface area contributed by atoms with Crippen molar-refractivity contribution in [3.8, 4) is 5.75 Å². The lowest BCUT2D eigenvalue weighted by atomic mass is 9.96. The van der Waals surface area contributed by atoms with Crippen LogP contribution in [-0.4, -0.2) is 31.5 Å². The molecule has 2 rings (SSSR count). The first-order valence-electron chi connectivity index (χ1n) is 6.09. The number of methoxy groups -OCH3 is 1. The summed E-state index contributed by atoms with van der Waals surface area (Å²) in [5.74, 6) is -1.05. The molecule has 3 atom stereocenters. The molecule has 0 radical (unpaired) electrons. The third kappa shape index (κ3) is 2.94. The molecule has 0 saturated carbocycles. The van der Waals surface area contributed by atoms with E-state index in [1.165, 1.54) is 25.3 Å². The standard InChI is InChI=1S/C13H13F4NO3/c1-6(13(15,16)17)21-8-5-3-4-7-9(8)11(19)18-12(20-2)10(7)14/h3-6,10,12H,1-2H3,(H,18,19). The van der Waals surface area contributed by atoms with E-state index >= 15 is 0 Å². The van der Waals surface area contributed by atoms with Gasteiger partial charge in [-0.25, -0.2) is 4.39 Å². The molecule has 4 nitrogen and oxygen atoms in total. The minimum Gasteiger partial charge on any atom is -0.480 e. The molecule has 21 heavy (non-hydrogen) atoms. The van der Waals surface area contributed by atoms with Crippen LogP contribution in [0.25, 0.3) is 0 Å². The van der Waals surface area contributed by atoms with E-state index in [-0.39, 0.29) is 16.9 Å². The van der Waals surface area contributed by atoms with Crippen LogP contribution in [-0.2, 0) is 4.74 Å². The maximum atomic E-state index is 14.1. The van der Waals surface area contributed by atoms with Gasteiger partial charge in [-0.3, -0.25) is 4.79 Å². The smallest absolute Gasteiger partial charge is 0.425 e. The zero-order valence-electron chi connectivity index (χ0n) is 11.2. The number of hydrogen-bond acceptors (Lipinski definition) is 3. The van der Waals surface area contributed by atoms with Crippen molar-refractivity contribution >= 4 is 5.91 Å². The van der Waals surface area contributed by atoms with Gasteiger partial charge in [0.25, 0.3) is 5.91 Å². The summed E-state index contributed by atoms with van der Waals surface area (Å²) in [6, 6.07) is 3.84. The molecule has 8 heteroatoms. The van der Waals surface area contributed by atoms with E-state index in [1.54, 1.807) is 0 Å². The summed E-state index contributed by atoms with van der Waals surface area (Å²) in [5, 5.41) is 2.23. The van der Waals surface area contributed by atoms with Crippen molar-refractivity contribution in [2.45, 2.75) is 31.6 Å². The van der Waals surface area contributed by atoms with E-state index in [0.717, 1.165) is 6.92 Å². The fourth-order valence-corrected chi connectivity index (χ4v) is 1.99. The highest BCUT2D eigenvalue weighted by Crippen LogP contribution is 2.36. The molecule has 0 spiro atoms. The molecule has 1 aromatic carbocycles. The van der Waals surface area contributed by atoms with E-state index in [1.807, 2.05) is 0 Å². The van der Waals surface area contributed by atoms with Crippen LogP contribution in [0, 0.1) is 0 Å². The Hall–Kier alpha value is -1.83. The Morgan fingerprint density at radius 2 is 2.00 bits per heavy atom. The lowest BCUT2D eigenvalue weighted by molar-refractivity contribution is -0.189. The second kappa shape index (κ2) is 5.51. The Labute approximate surface area is 118 Å². The number of nitrogens with one attached hydrogen (secondary N) is 1. The predicted molar refractivity (Wildman–Crippen MR) is 64.7 cm³/mol. The van der Waals surface area contributed by atoms with Crippen molar-refractivity contribution < 1.29 is 31.8 Å². The lowest BCUT2D eigenvalue weighted by Crippen LogP contribution is -2.44. The quantitative estimate of drug-likeness (QED) is 0.874. The molecule has 1 aromatic rings. The maximum Gasteiger partial charge on any atom is 0.425 e. The first kappa shape index (κ1) is 15.6. The van der Waals surface area contributed by atoms with Crippen LogP contribution in [0.5, 0.6) is 5.75 Å². The van der Waals surface area contributed by atoms with E-state index in [4.69, 9.17) is 9.47 Å². The summed E-state index contributed by atoms with van der Waals surface area (Å²) in [4.78, 5) is 11.9. The predicted octanol–water partition coefficient (Wildman–Crippen LogP) is 2.74. The number of ether oxygens (including phenoxy) is 2. The SMILES string of the molecule is COC1NC(=O)c2c(OC(C)C(F)(F)F)cccc2C1F. The molecule has 1 aliphatic rings. The fraction of sp³-hybridized carbons (Fsp3) is 0.462. The molecule has 0 fully saturated rings. The summed E-state index contributed by atoms with van der Waals surface area (Å²) >= 11 is 0. The average Bonchev–Trinajstić information content (AvgIpc) is 2.41. The van der Waals surface area contributed by atoms with Crippen molar-refractivity contribution in [3.05, 3.63) is 29.3 Å². The number of rotatable bonds is 3. The van der Waals surface area contributed by atoms with Gasteiger partial charge in [0.2, 0.25) is 0 Å². The summed E-state index contributed by atoms with van der Waals surface area (Å²) in [7, 11) is 1.22. The van der Waals surface area contributed by atoms with Crippen LogP contribution in [0.15, 0.2) is 18.2 Å². The van der Waals surface area contributed by atoms with Gasteiger partial charge in [-0.2, -0.15) is 13.2 Å². The molecule has 1 N–H and O–H groups in total. The number of amides is 1. The Balaban J connectivity index is 2.39. The zero-order valence-corrected chi connectivity index (χ0v) is 11.2. The Bertz CT molecular complexity index is 547. The number of fused-ring (bicyclic) bond motifs is 1. The maximum absolute atomic E-state index is 14.1. The van der Waals surface area contributed by atoms with Gasteiger partial charge in [0.05, 0.1) is 5.56 Å². The van der Waals surface area contributed by atoms with Crippen molar-refractivity contribution in [2.24, 2.45) is 0 Å². The summed E-state index contributed by atoms with van der Waals surface area (Å²) < 4.78 is 61.3. The third-order valence-corrected chi connectivity index (χ3v) is 3.14. The molecule has 0 bridgehead atoms. The van der Waals surface area contributed by atoms with Crippen molar-refractivity contribution in [2.75, 3.05) is 7.11 Å². The summed E-state index contributed by atoms with van der Waals surface area (Å²) in [6.45, 7) is 0.811. The number of carbonyl (C=O) groups excluding carboxylic acids is 1. The third-order valence-electron chi connectivity index (χ3n) is 3.14. The van der Waals surface area contributed by atoms with Gasteiger partial charge >= 0.3 is 6.18 Å². The highest BCUT2D eigenvalue weighted by Gasteiger charge is 2.40. The topological polar surface area (TPSA) is 47.6 Å². The second-order valence-electron chi connectivity index (χ2n) is 4.55. The van der Waals surface area contributed by atoms with Crippen LogP contribution in [0.4, 0.5) is 17.6 Å². The highest BCUT2D eigenvalue weighted by molar-refractivity contribution is 5.99. The molecule has 0 saturated heterocycles. The minimum atomic E-state index is -4.59. The van der Waals surface area contributed by atoms with E-state index in [2.05, 4.69) is 5.32 Å². The second-order valence-corrected chi connectivity index (χ2v) is 4.55. The van der Waals surface area contributed by atoms with E-state index < -0.39 is 30.6 Å². The van der Waals surface area contributed by atoms with Gasteiger partial charge in [-0.1, -0.05) is 12.1 Å². The molecule has 116 valence electrons. The number of benzene rings is 1. The molecule has 1 heterocycles. The van der Waals surface area contributed by atoms with Gasteiger partial charge in [0.15, 0.2) is 18.5 Å². The summed E-state index contributed by atoms with van der Waals surface area (Å²) in [6.07, 6.45) is -9.57. The van der Waals surface area contributed by atoms with E-state index in [9.17, 15) is 22.4 Å². The number of carbonyl (C=O) groups is 1. The van der Waals surface area contributed by atoms with Gasteiger partial charge in [0.1, 0.15) is 5.75 Å². The fourth-order valence-electron chi connectivity index (χ4n) is 1.99. The van der Waals surface area contributed by atoms with Gasteiger partial charge in [0, 0.05) is 12.7 Å². The van der Waals surface area contributed by atoms with Crippen LogP contribution >= 0.6 is 0 Å². The Morgan fingerprint density at radius 1 is 1.33 bits per heavy atom. The van der Waals surface area contributed by atoms with Crippen molar-refractivity contribution in [3.63, 3.8) is 0 Å². The number of halogens is 4. The van der Waals surface area contributed by atoms with E-state index in [0.29, 0.717) is 0 Å². The molecule has 3 unspecified atom stereocenters. The molecule has 0 aromatic heterocycles. The first-order chi connectivity index (χ1) is 9.75. The average molecular weight is 307 g/mol. The monoisotopic (exact) mass is 307 g/mol. The highest BCUT2D eigenvalue weighted by atomic mass is 19.4. The molecular formula is C13H13F4NO3. The normalized spacial score (nSPS) is 23.2.